The normalized spacial score (nSPS) is 15.7. The Morgan fingerprint density at radius 2 is 1.96 bits per heavy atom. The molecule has 1 aromatic heterocycles. The minimum Gasteiger partial charge on any atom is -0.481 e. The number of ether oxygens (including phenoxy) is 1. The molecular weight excluding hydrogens is 325 g/mol. The van der Waals surface area contributed by atoms with Gasteiger partial charge in [-0.25, -0.2) is 10.3 Å². The zero-order chi connectivity index (χ0) is 17.6. The van der Waals surface area contributed by atoms with E-state index in [0.29, 0.717) is 17.0 Å². The van der Waals surface area contributed by atoms with Crippen LogP contribution < -0.4 is 10.1 Å². The van der Waals surface area contributed by atoms with Crippen molar-refractivity contribution in [3.63, 3.8) is 0 Å². The molecule has 0 aliphatic carbocycles. The second-order valence-corrected chi connectivity index (χ2v) is 4.94. The van der Waals surface area contributed by atoms with Gasteiger partial charge in [0.1, 0.15) is 12.5 Å². The van der Waals surface area contributed by atoms with Crippen molar-refractivity contribution in [1.29, 1.82) is 0 Å². The monoisotopic (exact) mass is 340 g/mol. The van der Waals surface area contributed by atoms with Crippen LogP contribution in [0.4, 0.5) is 13.2 Å². The van der Waals surface area contributed by atoms with Crippen molar-refractivity contribution < 1.29 is 27.8 Å². The molecule has 2 heterocycles. The summed E-state index contributed by atoms with van der Waals surface area (Å²) in [7, 11) is 0. The topological polar surface area (TPSA) is 71.5 Å². The molecule has 128 valence electrons. The van der Waals surface area contributed by atoms with Crippen molar-refractivity contribution in [2.75, 3.05) is 6.61 Å². The molecule has 0 bridgehead atoms. The summed E-state index contributed by atoms with van der Waals surface area (Å²) in [5.74, 6) is -0.958. The molecule has 8 heteroatoms. The average Bonchev–Trinajstić information content (AvgIpc) is 2.98. The maximum Gasteiger partial charge on any atom is 0.457 e. The lowest BCUT2D eigenvalue weighted by Gasteiger charge is -2.07. The molecule has 5 nitrogen and oxygen atoms in total. The lowest BCUT2D eigenvalue weighted by Crippen LogP contribution is -2.30. The van der Waals surface area contributed by atoms with E-state index in [1.165, 1.54) is 5.32 Å². The zero-order valence-corrected chi connectivity index (χ0v) is 12.5. The maximum absolute atomic E-state index is 11.6. The summed E-state index contributed by atoms with van der Waals surface area (Å²) in [6.07, 6.45) is -2.71. The van der Waals surface area contributed by atoms with E-state index in [4.69, 9.17) is 9.84 Å². The Morgan fingerprint density at radius 1 is 1.25 bits per heavy atom. The molecule has 1 aliphatic rings. The van der Waals surface area contributed by atoms with Gasteiger partial charge >= 0.3 is 12.3 Å². The van der Waals surface area contributed by atoms with E-state index in [9.17, 15) is 18.0 Å². The molecule has 2 aromatic rings. The summed E-state index contributed by atoms with van der Waals surface area (Å²) < 4.78 is 40.0. The zero-order valence-electron chi connectivity index (χ0n) is 12.5. The standard InChI is InChI=1S/C8H8F3N.C8H7NO3/c9-8(10,11)12-6-7-4-2-1-3-5-7;10-8(11)6-4-12-7-5(6)2-1-3-9-7/h1-5,12H,6H2;1-3,6H,4H2,(H,10,11). The summed E-state index contributed by atoms with van der Waals surface area (Å²) in [5, 5.41) is 10.2. The van der Waals surface area contributed by atoms with Crippen molar-refractivity contribution in [2.24, 2.45) is 0 Å². The minimum absolute atomic E-state index is 0.176. The lowest BCUT2D eigenvalue weighted by molar-refractivity contribution is -0.158. The number of nitrogens with one attached hydrogen (secondary N) is 1. The van der Waals surface area contributed by atoms with E-state index < -0.39 is 18.2 Å². The van der Waals surface area contributed by atoms with Gasteiger partial charge in [0.05, 0.1) is 0 Å². The molecule has 0 radical (unpaired) electrons. The van der Waals surface area contributed by atoms with Gasteiger partial charge in [0.2, 0.25) is 5.88 Å². The number of nitrogens with zero attached hydrogens (tertiary/aromatic N) is 1. The number of halogens is 3. The molecule has 1 unspecified atom stereocenters. The summed E-state index contributed by atoms with van der Waals surface area (Å²) >= 11 is 0. The third kappa shape index (κ3) is 5.24. The van der Waals surface area contributed by atoms with E-state index >= 15 is 0 Å². The van der Waals surface area contributed by atoms with Gasteiger partial charge in [-0.1, -0.05) is 36.4 Å². The number of rotatable bonds is 3. The van der Waals surface area contributed by atoms with Gasteiger partial charge in [0, 0.05) is 18.3 Å². The molecule has 24 heavy (non-hydrogen) atoms. The molecule has 3 rings (SSSR count). The highest BCUT2D eigenvalue weighted by Gasteiger charge is 2.30. The molecule has 0 fully saturated rings. The molecule has 0 saturated carbocycles. The highest BCUT2D eigenvalue weighted by molar-refractivity contribution is 5.78. The Bertz CT molecular complexity index is 678. The number of fused-ring (bicyclic) bond motifs is 1. The van der Waals surface area contributed by atoms with Crippen molar-refractivity contribution in [1.82, 2.24) is 10.3 Å². The van der Waals surface area contributed by atoms with Crippen LogP contribution in [0.5, 0.6) is 5.88 Å². The van der Waals surface area contributed by atoms with Crippen LogP contribution in [0.15, 0.2) is 48.7 Å². The number of pyridine rings is 1. The van der Waals surface area contributed by atoms with Gasteiger partial charge in [-0.3, -0.25) is 4.79 Å². The first-order valence-corrected chi connectivity index (χ1v) is 7.03. The van der Waals surface area contributed by atoms with Crippen molar-refractivity contribution in [2.45, 2.75) is 18.8 Å². The smallest absolute Gasteiger partial charge is 0.457 e. The quantitative estimate of drug-likeness (QED) is 0.841. The van der Waals surface area contributed by atoms with Gasteiger partial charge in [-0.05, 0) is 11.6 Å². The number of hydrogen-bond acceptors (Lipinski definition) is 4. The molecule has 0 spiro atoms. The van der Waals surface area contributed by atoms with Crippen LogP contribution in [0.2, 0.25) is 0 Å². The Hall–Kier alpha value is -2.61. The SMILES string of the molecule is FC(F)(F)NCc1ccccc1.O=C(O)C1COc2ncccc21. The summed E-state index contributed by atoms with van der Waals surface area (Å²) in [6, 6.07) is 11.9. The number of carbonyl (C=O) groups is 1. The van der Waals surface area contributed by atoms with E-state index in [2.05, 4.69) is 4.98 Å². The second-order valence-electron chi connectivity index (χ2n) is 4.94. The molecular formula is C16H15F3N2O3. The van der Waals surface area contributed by atoms with Crippen LogP contribution >= 0.6 is 0 Å². The number of aromatic nitrogens is 1. The van der Waals surface area contributed by atoms with Gasteiger partial charge in [0.15, 0.2) is 0 Å². The molecule has 0 amide bonds. The Morgan fingerprint density at radius 3 is 2.58 bits per heavy atom. The Kier molecular flexibility index (Phi) is 5.75. The molecule has 1 atom stereocenters. The number of benzene rings is 1. The fourth-order valence-electron chi connectivity index (χ4n) is 2.04. The summed E-state index contributed by atoms with van der Waals surface area (Å²) in [6.45, 7) is 0.0199. The van der Waals surface area contributed by atoms with E-state index in [1.54, 1.807) is 48.7 Å². The van der Waals surface area contributed by atoms with Crippen molar-refractivity contribution in [3.05, 3.63) is 59.8 Å². The average molecular weight is 340 g/mol. The van der Waals surface area contributed by atoms with Crippen LogP contribution in [0.3, 0.4) is 0 Å². The highest BCUT2D eigenvalue weighted by atomic mass is 19.4. The fraction of sp³-hybridized carbons (Fsp3) is 0.250. The largest absolute Gasteiger partial charge is 0.481 e. The first kappa shape index (κ1) is 17.7. The third-order valence-corrected chi connectivity index (χ3v) is 3.20. The molecule has 0 saturated heterocycles. The summed E-state index contributed by atoms with van der Waals surface area (Å²) in [5.41, 5.74) is 1.29. The molecule has 1 aliphatic heterocycles. The van der Waals surface area contributed by atoms with Crippen LogP contribution in [0.25, 0.3) is 0 Å². The number of carboxylic acids is 1. The van der Waals surface area contributed by atoms with Crippen LogP contribution in [-0.2, 0) is 11.3 Å². The summed E-state index contributed by atoms with van der Waals surface area (Å²) in [4.78, 5) is 14.6. The van der Waals surface area contributed by atoms with Crippen LogP contribution in [-0.4, -0.2) is 29.0 Å². The number of carboxylic acid groups (broad SMARTS) is 1. The Balaban J connectivity index is 0.000000174. The molecule has 1 aromatic carbocycles. The fourth-order valence-corrected chi connectivity index (χ4v) is 2.04. The number of aliphatic carboxylic acids is 1. The van der Waals surface area contributed by atoms with Gasteiger partial charge in [-0.2, -0.15) is 13.2 Å². The van der Waals surface area contributed by atoms with Crippen LogP contribution in [0, 0.1) is 0 Å². The first-order chi connectivity index (χ1) is 11.4. The van der Waals surface area contributed by atoms with Crippen LogP contribution in [0.1, 0.15) is 17.0 Å². The van der Waals surface area contributed by atoms with Gasteiger partial charge in [-0.15, -0.1) is 0 Å². The maximum atomic E-state index is 11.6. The Labute approximate surface area is 136 Å². The number of hydrogen-bond donors (Lipinski definition) is 2. The minimum atomic E-state index is -4.30. The predicted octanol–water partition coefficient (Wildman–Crippen LogP) is 2.94. The molecule has 2 N–H and O–H groups in total. The van der Waals surface area contributed by atoms with Gasteiger partial charge < -0.3 is 9.84 Å². The van der Waals surface area contributed by atoms with E-state index in [0.717, 1.165) is 0 Å². The van der Waals surface area contributed by atoms with Crippen molar-refractivity contribution >= 4 is 5.97 Å². The van der Waals surface area contributed by atoms with E-state index in [-0.39, 0.29) is 13.2 Å². The van der Waals surface area contributed by atoms with Gasteiger partial charge in [0.25, 0.3) is 0 Å². The predicted molar refractivity (Wildman–Crippen MR) is 79.4 cm³/mol. The number of alkyl halides is 3. The van der Waals surface area contributed by atoms with E-state index in [1.807, 2.05) is 0 Å². The third-order valence-electron chi connectivity index (χ3n) is 3.20. The first-order valence-electron chi connectivity index (χ1n) is 7.03. The second kappa shape index (κ2) is 7.78. The highest BCUT2D eigenvalue weighted by Crippen LogP contribution is 2.31. The lowest BCUT2D eigenvalue weighted by atomic mass is 10.0. The van der Waals surface area contributed by atoms with Crippen molar-refractivity contribution in [3.8, 4) is 5.88 Å².